The SMILES string of the molecule is CCCCCCCC/C=C\C/C=C\C/C=C\CCCC(=O)OC(COC(=O)CCCCCCCCC/C=C\CCCCCCCC)COP(=O)(O)OCCNC. The number of hydrogen-bond acceptors (Lipinski definition) is 8. The molecular weight excluding hydrogens is 725 g/mol. The van der Waals surface area contributed by atoms with E-state index in [0.29, 0.717) is 13.0 Å². The Balaban J connectivity index is 4.29. The fourth-order valence-electron chi connectivity index (χ4n) is 5.97. The van der Waals surface area contributed by atoms with Gasteiger partial charge in [0.1, 0.15) is 6.61 Å². The van der Waals surface area contributed by atoms with E-state index in [9.17, 15) is 19.0 Å². The molecule has 326 valence electrons. The number of phosphoric acid groups is 1. The van der Waals surface area contributed by atoms with Gasteiger partial charge in [0.15, 0.2) is 6.10 Å². The van der Waals surface area contributed by atoms with Gasteiger partial charge in [-0.25, -0.2) is 4.57 Å². The molecule has 2 atom stereocenters. The van der Waals surface area contributed by atoms with Gasteiger partial charge in [0.2, 0.25) is 0 Å². The highest BCUT2D eigenvalue weighted by Gasteiger charge is 2.26. The molecule has 0 aromatic rings. The van der Waals surface area contributed by atoms with Crippen molar-refractivity contribution in [3.63, 3.8) is 0 Å². The Hall–Kier alpha value is -2.03. The van der Waals surface area contributed by atoms with Gasteiger partial charge in [0.05, 0.1) is 13.2 Å². The highest BCUT2D eigenvalue weighted by atomic mass is 31.2. The second-order valence-corrected chi connectivity index (χ2v) is 16.3. The third-order valence-corrected chi connectivity index (χ3v) is 10.4. The molecule has 9 nitrogen and oxygen atoms in total. The van der Waals surface area contributed by atoms with Crippen LogP contribution in [0.25, 0.3) is 0 Å². The number of hydrogen-bond donors (Lipinski definition) is 2. The van der Waals surface area contributed by atoms with Crippen LogP contribution < -0.4 is 5.32 Å². The van der Waals surface area contributed by atoms with Crippen LogP contribution in [0.15, 0.2) is 48.6 Å². The number of rotatable bonds is 42. The van der Waals surface area contributed by atoms with Crippen LogP contribution in [0.1, 0.15) is 194 Å². The fourth-order valence-corrected chi connectivity index (χ4v) is 6.73. The van der Waals surface area contributed by atoms with Crippen molar-refractivity contribution in [3.8, 4) is 0 Å². The molecule has 0 rings (SSSR count). The van der Waals surface area contributed by atoms with Gasteiger partial charge in [-0.2, -0.15) is 0 Å². The largest absolute Gasteiger partial charge is 0.472 e. The Bertz CT molecular complexity index is 1060. The monoisotopic (exact) mass is 810 g/mol. The van der Waals surface area contributed by atoms with Crippen molar-refractivity contribution in [1.29, 1.82) is 0 Å². The summed E-state index contributed by atoms with van der Waals surface area (Å²) >= 11 is 0. The smallest absolute Gasteiger partial charge is 0.462 e. The Morgan fingerprint density at radius 2 is 0.982 bits per heavy atom. The third-order valence-electron chi connectivity index (χ3n) is 9.42. The van der Waals surface area contributed by atoms with Gasteiger partial charge >= 0.3 is 19.8 Å². The molecule has 10 heteroatoms. The molecule has 0 bridgehead atoms. The average molecular weight is 810 g/mol. The molecule has 0 aromatic heterocycles. The maximum atomic E-state index is 12.6. The maximum Gasteiger partial charge on any atom is 0.472 e. The number of allylic oxidation sites excluding steroid dienone is 8. The normalized spacial score (nSPS) is 13.7. The zero-order chi connectivity index (χ0) is 41.1. The van der Waals surface area contributed by atoms with E-state index in [2.05, 4.69) is 67.8 Å². The standard InChI is InChI=1S/C46H84NO8P/c1-4-6-8-10-12-14-16-18-20-22-24-26-28-30-32-34-36-38-45(48)52-42-44(43-54-56(50,51)53-41-40-47-3)55-46(49)39-37-35-33-31-29-27-25-23-21-19-17-15-13-11-9-7-5-2/h18-21,25,27,31,33,44,47H,4-17,22-24,26,28-30,32,34-43H2,1-3H3,(H,50,51)/b20-18-,21-19-,27-25-,33-31-. The maximum absolute atomic E-state index is 12.6. The van der Waals surface area contributed by atoms with Crippen LogP contribution in [-0.2, 0) is 32.7 Å². The van der Waals surface area contributed by atoms with Gasteiger partial charge in [0, 0.05) is 19.4 Å². The van der Waals surface area contributed by atoms with Crippen molar-refractivity contribution in [2.75, 3.05) is 33.4 Å². The first-order chi connectivity index (χ1) is 27.3. The van der Waals surface area contributed by atoms with E-state index in [0.717, 1.165) is 57.8 Å². The van der Waals surface area contributed by atoms with Crippen LogP contribution in [0.4, 0.5) is 0 Å². The lowest BCUT2D eigenvalue weighted by atomic mass is 10.1. The predicted molar refractivity (Wildman–Crippen MR) is 234 cm³/mol. The first-order valence-corrected chi connectivity index (χ1v) is 24.1. The van der Waals surface area contributed by atoms with E-state index in [1.807, 2.05) is 0 Å². The lowest BCUT2D eigenvalue weighted by molar-refractivity contribution is -0.161. The van der Waals surface area contributed by atoms with Crippen molar-refractivity contribution >= 4 is 19.8 Å². The van der Waals surface area contributed by atoms with Gasteiger partial charge in [-0.1, -0.05) is 159 Å². The van der Waals surface area contributed by atoms with Gasteiger partial charge in [-0.05, 0) is 77.7 Å². The molecule has 0 heterocycles. The van der Waals surface area contributed by atoms with E-state index in [1.165, 1.54) is 103 Å². The number of unbranched alkanes of at least 4 members (excludes halogenated alkanes) is 20. The van der Waals surface area contributed by atoms with E-state index < -0.39 is 26.5 Å². The van der Waals surface area contributed by atoms with E-state index in [4.69, 9.17) is 18.5 Å². The van der Waals surface area contributed by atoms with Gasteiger partial charge in [0.25, 0.3) is 0 Å². The number of carbonyl (C=O) groups excluding carboxylic acids is 2. The Kier molecular flexibility index (Phi) is 41.0. The van der Waals surface area contributed by atoms with Crippen molar-refractivity contribution in [2.45, 2.75) is 200 Å². The molecular formula is C46H84NO8P. The zero-order valence-corrected chi connectivity index (χ0v) is 37.0. The van der Waals surface area contributed by atoms with Crippen molar-refractivity contribution < 1.29 is 37.6 Å². The lowest BCUT2D eigenvalue weighted by Crippen LogP contribution is -2.29. The summed E-state index contributed by atoms with van der Waals surface area (Å²) in [5.41, 5.74) is 0. The second kappa shape index (κ2) is 42.6. The van der Waals surface area contributed by atoms with Crippen molar-refractivity contribution in [2.24, 2.45) is 0 Å². The highest BCUT2D eigenvalue weighted by Crippen LogP contribution is 2.43. The third kappa shape index (κ3) is 41.6. The second-order valence-electron chi connectivity index (χ2n) is 14.9. The molecule has 2 unspecified atom stereocenters. The summed E-state index contributed by atoms with van der Waals surface area (Å²) in [6.07, 6.45) is 47.3. The van der Waals surface area contributed by atoms with Crippen LogP contribution >= 0.6 is 7.82 Å². The first-order valence-electron chi connectivity index (χ1n) is 22.6. The van der Waals surface area contributed by atoms with Gasteiger partial charge in [-0.15, -0.1) is 0 Å². The quantitative estimate of drug-likeness (QED) is 0.0269. The lowest BCUT2D eigenvalue weighted by Gasteiger charge is -2.20. The minimum atomic E-state index is -4.36. The number of ether oxygens (including phenoxy) is 2. The summed E-state index contributed by atoms with van der Waals surface area (Å²) in [7, 11) is -2.67. The van der Waals surface area contributed by atoms with Crippen LogP contribution in [0.3, 0.4) is 0 Å². The van der Waals surface area contributed by atoms with Gasteiger partial charge in [-0.3, -0.25) is 18.6 Å². The summed E-state index contributed by atoms with van der Waals surface area (Å²) in [6, 6.07) is 0. The molecule has 0 fully saturated rings. The summed E-state index contributed by atoms with van der Waals surface area (Å²) in [5.74, 6) is -0.872. The average Bonchev–Trinajstić information content (AvgIpc) is 3.18. The number of phosphoric ester groups is 1. The number of carbonyl (C=O) groups is 2. The van der Waals surface area contributed by atoms with E-state index >= 15 is 0 Å². The molecule has 0 aliphatic rings. The molecule has 0 saturated heterocycles. The molecule has 0 saturated carbocycles. The Morgan fingerprint density at radius 1 is 0.554 bits per heavy atom. The molecule has 0 aliphatic heterocycles. The van der Waals surface area contributed by atoms with Crippen LogP contribution in [0.5, 0.6) is 0 Å². The van der Waals surface area contributed by atoms with E-state index in [1.54, 1.807) is 7.05 Å². The molecule has 0 aliphatic carbocycles. The number of nitrogens with one attached hydrogen (secondary N) is 1. The Labute approximate surface area is 343 Å². The molecule has 56 heavy (non-hydrogen) atoms. The van der Waals surface area contributed by atoms with Crippen LogP contribution in [0.2, 0.25) is 0 Å². The molecule has 2 N–H and O–H groups in total. The molecule has 0 amide bonds. The minimum absolute atomic E-state index is 0.0277. The first kappa shape index (κ1) is 54.0. The van der Waals surface area contributed by atoms with Gasteiger partial charge < -0.3 is 19.7 Å². The number of esters is 2. The summed E-state index contributed by atoms with van der Waals surface area (Å²) in [5, 5.41) is 2.82. The topological polar surface area (TPSA) is 120 Å². The van der Waals surface area contributed by atoms with Crippen molar-refractivity contribution in [3.05, 3.63) is 48.6 Å². The predicted octanol–water partition coefficient (Wildman–Crippen LogP) is 13.0. The van der Waals surface area contributed by atoms with Crippen molar-refractivity contribution in [1.82, 2.24) is 5.32 Å². The van der Waals surface area contributed by atoms with E-state index in [-0.39, 0.29) is 32.0 Å². The van der Waals surface area contributed by atoms with Crippen LogP contribution in [-0.4, -0.2) is 56.3 Å². The fraction of sp³-hybridized carbons (Fsp3) is 0.783. The molecule has 0 spiro atoms. The highest BCUT2D eigenvalue weighted by molar-refractivity contribution is 7.47. The summed E-state index contributed by atoms with van der Waals surface area (Å²) in [6.45, 7) is 4.16. The number of likely N-dealkylation sites (N-methyl/N-ethyl adjacent to an activating group) is 1. The molecule has 0 radical (unpaired) electrons. The molecule has 0 aromatic carbocycles. The van der Waals surface area contributed by atoms with Crippen LogP contribution in [0, 0.1) is 0 Å². The Morgan fingerprint density at radius 3 is 1.50 bits per heavy atom. The minimum Gasteiger partial charge on any atom is -0.462 e. The summed E-state index contributed by atoms with van der Waals surface area (Å²) in [4.78, 5) is 35.1. The summed E-state index contributed by atoms with van der Waals surface area (Å²) < 4.78 is 33.1. The zero-order valence-electron chi connectivity index (χ0n) is 36.1.